The van der Waals surface area contributed by atoms with Gasteiger partial charge in [-0.05, 0) is 18.8 Å². The van der Waals surface area contributed by atoms with Gasteiger partial charge in [-0.25, -0.2) is 0 Å². The Morgan fingerprint density at radius 2 is 1.79 bits per heavy atom. The first-order chi connectivity index (χ1) is 6.83. The summed E-state index contributed by atoms with van der Waals surface area (Å²) in [4.78, 5) is 0. The lowest BCUT2D eigenvalue weighted by molar-refractivity contribution is 0.498. The van der Waals surface area contributed by atoms with Crippen molar-refractivity contribution < 1.29 is 0 Å². The highest BCUT2D eigenvalue weighted by molar-refractivity contribution is 4.78. The lowest BCUT2D eigenvalue weighted by Gasteiger charge is -2.09. The van der Waals surface area contributed by atoms with E-state index in [1.165, 1.54) is 51.4 Å². The summed E-state index contributed by atoms with van der Waals surface area (Å²) in [6, 6.07) is 0.509. The number of unbranched alkanes of at least 4 members (excludes halogenated alkanes) is 3. The van der Waals surface area contributed by atoms with Gasteiger partial charge in [-0.2, -0.15) is 0 Å². The van der Waals surface area contributed by atoms with Gasteiger partial charge in [-0.1, -0.05) is 59.3 Å². The Hall–Kier alpha value is -0.0400. The Balaban J connectivity index is 0.000000791. The molecule has 86 valence electrons. The highest BCUT2D eigenvalue weighted by Gasteiger charge is 2.23. The molecule has 0 heterocycles. The molecule has 1 atom stereocenters. The molecule has 1 aliphatic carbocycles. The molecular formula is C13H29N. The highest BCUT2D eigenvalue weighted by Crippen LogP contribution is 2.33. The molecule has 0 saturated heterocycles. The molecule has 0 aromatic carbocycles. The third-order valence-corrected chi connectivity index (χ3v) is 2.76. The molecule has 1 heteroatoms. The molecule has 2 N–H and O–H groups in total. The molecule has 1 aliphatic rings. The van der Waals surface area contributed by atoms with Gasteiger partial charge in [0.05, 0.1) is 0 Å². The largest absolute Gasteiger partial charge is 0.328 e. The van der Waals surface area contributed by atoms with E-state index in [1.807, 2.05) is 13.8 Å². The maximum Gasteiger partial charge on any atom is 0.00414 e. The first-order valence-electron chi connectivity index (χ1n) is 6.58. The van der Waals surface area contributed by atoms with Crippen molar-refractivity contribution in [1.29, 1.82) is 0 Å². The summed E-state index contributed by atoms with van der Waals surface area (Å²) in [6.45, 7) is 6.25. The van der Waals surface area contributed by atoms with Gasteiger partial charge in [0.15, 0.2) is 0 Å². The monoisotopic (exact) mass is 199 g/mol. The number of nitrogens with two attached hydrogens (primary N) is 1. The van der Waals surface area contributed by atoms with E-state index < -0.39 is 0 Å². The van der Waals surface area contributed by atoms with Gasteiger partial charge in [-0.3, -0.25) is 0 Å². The molecule has 1 unspecified atom stereocenters. The van der Waals surface area contributed by atoms with Crippen LogP contribution in [0.15, 0.2) is 0 Å². The standard InChI is InChI=1S/C11H23N.C2H6/c1-2-3-4-5-6-11(12)9-10-7-8-10;1-2/h10-11H,2-9,12H2,1H3;1-2H3. The van der Waals surface area contributed by atoms with Crippen LogP contribution in [-0.2, 0) is 0 Å². The van der Waals surface area contributed by atoms with Crippen molar-refractivity contribution in [3.8, 4) is 0 Å². The second kappa shape index (κ2) is 9.51. The van der Waals surface area contributed by atoms with Crippen LogP contribution in [0, 0.1) is 5.92 Å². The smallest absolute Gasteiger partial charge is 0.00414 e. The van der Waals surface area contributed by atoms with E-state index in [2.05, 4.69) is 6.92 Å². The summed E-state index contributed by atoms with van der Waals surface area (Å²) in [5.41, 5.74) is 6.00. The second-order valence-corrected chi connectivity index (χ2v) is 4.29. The van der Waals surface area contributed by atoms with Crippen molar-refractivity contribution in [2.24, 2.45) is 11.7 Å². The molecule has 0 aromatic heterocycles. The zero-order valence-corrected chi connectivity index (χ0v) is 10.4. The van der Waals surface area contributed by atoms with Crippen LogP contribution in [0.25, 0.3) is 0 Å². The minimum absolute atomic E-state index is 0.509. The van der Waals surface area contributed by atoms with E-state index in [1.54, 1.807) is 0 Å². The molecule has 0 aliphatic heterocycles. The van der Waals surface area contributed by atoms with Crippen LogP contribution in [0.4, 0.5) is 0 Å². The summed E-state index contributed by atoms with van der Waals surface area (Å²) >= 11 is 0. The highest BCUT2D eigenvalue weighted by atomic mass is 14.6. The quantitative estimate of drug-likeness (QED) is 0.613. The molecule has 0 amide bonds. The first-order valence-corrected chi connectivity index (χ1v) is 6.58. The van der Waals surface area contributed by atoms with E-state index in [-0.39, 0.29) is 0 Å². The van der Waals surface area contributed by atoms with Gasteiger partial charge >= 0.3 is 0 Å². The minimum Gasteiger partial charge on any atom is -0.328 e. The van der Waals surface area contributed by atoms with Crippen LogP contribution in [0.2, 0.25) is 0 Å². The van der Waals surface area contributed by atoms with Crippen LogP contribution < -0.4 is 5.73 Å². The molecular weight excluding hydrogens is 170 g/mol. The molecule has 1 nitrogen and oxygen atoms in total. The van der Waals surface area contributed by atoms with Crippen molar-refractivity contribution in [2.75, 3.05) is 0 Å². The molecule has 1 fully saturated rings. The molecule has 1 rings (SSSR count). The fourth-order valence-corrected chi connectivity index (χ4v) is 1.73. The zero-order valence-electron chi connectivity index (χ0n) is 10.4. The summed E-state index contributed by atoms with van der Waals surface area (Å²) in [5.74, 6) is 1.01. The van der Waals surface area contributed by atoms with Crippen LogP contribution in [-0.4, -0.2) is 6.04 Å². The topological polar surface area (TPSA) is 26.0 Å². The summed E-state index contributed by atoms with van der Waals surface area (Å²) in [5, 5.41) is 0. The van der Waals surface area contributed by atoms with Gasteiger partial charge < -0.3 is 5.73 Å². The summed E-state index contributed by atoms with van der Waals surface area (Å²) in [6.07, 6.45) is 10.9. The van der Waals surface area contributed by atoms with Gasteiger partial charge in [0.25, 0.3) is 0 Å². The molecule has 1 saturated carbocycles. The van der Waals surface area contributed by atoms with Crippen molar-refractivity contribution in [3.63, 3.8) is 0 Å². The first kappa shape index (κ1) is 14.0. The predicted octanol–water partition coefficient (Wildman–Crippen LogP) is 4.11. The number of hydrogen-bond acceptors (Lipinski definition) is 1. The normalized spacial score (nSPS) is 17.1. The molecule has 0 radical (unpaired) electrons. The van der Waals surface area contributed by atoms with Crippen molar-refractivity contribution in [2.45, 2.75) is 78.2 Å². The molecule has 0 aromatic rings. The Bertz CT molecular complexity index is 108. The van der Waals surface area contributed by atoms with Gasteiger partial charge in [-0.15, -0.1) is 0 Å². The van der Waals surface area contributed by atoms with E-state index in [4.69, 9.17) is 5.73 Å². The summed E-state index contributed by atoms with van der Waals surface area (Å²) < 4.78 is 0. The van der Waals surface area contributed by atoms with Gasteiger partial charge in [0, 0.05) is 6.04 Å². The average Bonchev–Trinajstić information content (AvgIpc) is 3.00. The van der Waals surface area contributed by atoms with Crippen molar-refractivity contribution in [1.82, 2.24) is 0 Å². The maximum atomic E-state index is 6.00. The Morgan fingerprint density at radius 3 is 2.29 bits per heavy atom. The average molecular weight is 199 g/mol. The lowest BCUT2D eigenvalue weighted by atomic mass is 10.0. The van der Waals surface area contributed by atoms with E-state index >= 15 is 0 Å². The third-order valence-electron chi connectivity index (χ3n) is 2.76. The SMILES string of the molecule is CC.CCCCCCC(N)CC1CC1. The minimum atomic E-state index is 0.509. The second-order valence-electron chi connectivity index (χ2n) is 4.29. The van der Waals surface area contributed by atoms with Crippen molar-refractivity contribution >= 4 is 0 Å². The summed E-state index contributed by atoms with van der Waals surface area (Å²) in [7, 11) is 0. The number of hydrogen-bond donors (Lipinski definition) is 1. The van der Waals surface area contributed by atoms with E-state index in [9.17, 15) is 0 Å². The van der Waals surface area contributed by atoms with E-state index in [0.717, 1.165) is 5.92 Å². The molecule has 0 bridgehead atoms. The predicted molar refractivity (Wildman–Crippen MR) is 65.4 cm³/mol. The Kier molecular flexibility index (Phi) is 9.49. The van der Waals surface area contributed by atoms with Crippen LogP contribution in [0.3, 0.4) is 0 Å². The Morgan fingerprint density at radius 1 is 1.14 bits per heavy atom. The van der Waals surface area contributed by atoms with Gasteiger partial charge in [0.1, 0.15) is 0 Å². The van der Waals surface area contributed by atoms with Crippen LogP contribution in [0.5, 0.6) is 0 Å². The fourth-order valence-electron chi connectivity index (χ4n) is 1.73. The maximum absolute atomic E-state index is 6.00. The van der Waals surface area contributed by atoms with E-state index in [0.29, 0.717) is 6.04 Å². The molecule has 0 spiro atoms. The van der Waals surface area contributed by atoms with Gasteiger partial charge in [0.2, 0.25) is 0 Å². The van der Waals surface area contributed by atoms with Crippen LogP contribution in [0.1, 0.15) is 72.1 Å². The third kappa shape index (κ3) is 8.55. The molecule has 14 heavy (non-hydrogen) atoms. The fraction of sp³-hybridized carbons (Fsp3) is 1.00. The lowest BCUT2D eigenvalue weighted by Crippen LogP contribution is -2.20. The number of rotatable bonds is 7. The van der Waals surface area contributed by atoms with Crippen molar-refractivity contribution in [3.05, 3.63) is 0 Å². The zero-order chi connectivity index (χ0) is 10.8. The Labute approximate surface area is 90.5 Å². The van der Waals surface area contributed by atoms with Crippen LogP contribution >= 0.6 is 0 Å².